The van der Waals surface area contributed by atoms with Crippen LogP contribution in [0.3, 0.4) is 0 Å². The molecule has 0 aromatic rings. The Balaban J connectivity index is 2.75. The van der Waals surface area contributed by atoms with Crippen molar-refractivity contribution in [2.24, 2.45) is 11.8 Å². The number of rotatable bonds is 3. The van der Waals surface area contributed by atoms with Gasteiger partial charge in [0.1, 0.15) is 5.92 Å². The highest BCUT2D eigenvalue weighted by Crippen LogP contribution is 2.31. The van der Waals surface area contributed by atoms with E-state index in [0.717, 1.165) is 12.0 Å². The van der Waals surface area contributed by atoms with Gasteiger partial charge in [-0.1, -0.05) is 19.4 Å². The molecule has 0 aromatic carbocycles. The van der Waals surface area contributed by atoms with E-state index in [1.165, 1.54) is 0 Å². The minimum atomic E-state index is -0.593. The Bertz CT molecular complexity index is 278. The molecule has 0 amide bonds. The van der Waals surface area contributed by atoms with E-state index in [2.05, 4.69) is 0 Å². The van der Waals surface area contributed by atoms with Crippen LogP contribution in [0, 0.1) is 11.8 Å². The molecule has 14 heavy (non-hydrogen) atoms. The lowest BCUT2D eigenvalue weighted by molar-refractivity contribution is -0.151. The van der Waals surface area contributed by atoms with Crippen LogP contribution in [0.25, 0.3) is 0 Å². The maximum Gasteiger partial charge on any atom is 0.317 e. The third kappa shape index (κ3) is 1.86. The van der Waals surface area contributed by atoms with E-state index >= 15 is 0 Å². The van der Waals surface area contributed by atoms with Crippen molar-refractivity contribution < 1.29 is 14.3 Å². The molecule has 0 fully saturated rings. The molecule has 78 valence electrons. The fourth-order valence-corrected chi connectivity index (χ4v) is 1.84. The normalized spacial score (nSPS) is 26.2. The molecular formula is C11H16O3. The SMILES string of the molecule is CCOC(=O)[C@H]1C(=O)C=C(CC)[C@@H]1C. The quantitative estimate of drug-likeness (QED) is 0.510. The van der Waals surface area contributed by atoms with Crippen LogP contribution in [0.1, 0.15) is 27.2 Å². The molecule has 0 saturated carbocycles. The summed E-state index contributed by atoms with van der Waals surface area (Å²) in [7, 11) is 0. The Morgan fingerprint density at radius 3 is 2.57 bits per heavy atom. The summed E-state index contributed by atoms with van der Waals surface area (Å²) in [6.07, 6.45) is 2.41. The van der Waals surface area contributed by atoms with E-state index in [9.17, 15) is 9.59 Å². The molecule has 0 radical (unpaired) electrons. The molecule has 0 aromatic heterocycles. The summed E-state index contributed by atoms with van der Waals surface area (Å²) in [5.41, 5.74) is 1.05. The standard InChI is InChI=1S/C11H16O3/c1-4-8-6-9(12)10(7(8)3)11(13)14-5-2/h6-7,10H,4-5H2,1-3H3/t7-,10+/m0/s1. The Morgan fingerprint density at radius 2 is 2.14 bits per heavy atom. The average molecular weight is 196 g/mol. The first-order valence-electron chi connectivity index (χ1n) is 5.02. The molecule has 1 aliphatic carbocycles. The number of carbonyl (C=O) groups is 2. The van der Waals surface area contributed by atoms with Crippen molar-refractivity contribution in [1.29, 1.82) is 0 Å². The third-order valence-electron chi connectivity index (χ3n) is 2.67. The van der Waals surface area contributed by atoms with E-state index in [0.29, 0.717) is 6.61 Å². The van der Waals surface area contributed by atoms with Crippen molar-refractivity contribution in [1.82, 2.24) is 0 Å². The number of hydrogen-bond acceptors (Lipinski definition) is 3. The van der Waals surface area contributed by atoms with E-state index in [1.54, 1.807) is 13.0 Å². The van der Waals surface area contributed by atoms with Gasteiger partial charge in [-0.3, -0.25) is 9.59 Å². The summed E-state index contributed by atoms with van der Waals surface area (Å²) in [5, 5.41) is 0. The van der Waals surface area contributed by atoms with Crippen LogP contribution in [-0.2, 0) is 14.3 Å². The maximum atomic E-state index is 11.5. The fourth-order valence-electron chi connectivity index (χ4n) is 1.84. The molecule has 0 spiro atoms. The Hall–Kier alpha value is -1.12. The van der Waals surface area contributed by atoms with Gasteiger partial charge in [0.15, 0.2) is 5.78 Å². The zero-order valence-corrected chi connectivity index (χ0v) is 8.87. The van der Waals surface area contributed by atoms with Crippen LogP contribution >= 0.6 is 0 Å². The summed E-state index contributed by atoms with van der Waals surface area (Å²) >= 11 is 0. The molecule has 0 N–H and O–H groups in total. The first kappa shape index (κ1) is 11.0. The molecule has 3 nitrogen and oxygen atoms in total. The van der Waals surface area contributed by atoms with Gasteiger partial charge in [0, 0.05) is 0 Å². The first-order chi connectivity index (χ1) is 6.61. The fraction of sp³-hybridized carbons (Fsp3) is 0.636. The van der Waals surface area contributed by atoms with Crippen molar-refractivity contribution in [3.05, 3.63) is 11.6 Å². The van der Waals surface area contributed by atoms with Crippen LogP contribution < -0.4 is 0 Å². The van der Waals surface area contributed by atoms with E-state index in [1.807, 2.05) is 13.8 Å². The van der Waals surface area contributed by atoms with Gasteiger partial charge in [-0.15, -0.1) is 0 Å². The van der Waals surface area contributed by atoms with Gasteiger partial charge in [-0.25, -0.2) is 0 Å². The maximum absolute atomic E-state index is 11.5. The van der Waals surface area contributed by atoms with Crippen molar-refractivity contribution in [3.8, 4) is 0 Å². The van der Waals surface area contributed by atoms with E-state index in [-0.39, 0.29) is 17.7 Å². The summed E-state index contributed by atoms with van der Waals surface area (Å²) in [5.74, 6) is -1.08. The largest absolute Gasteiger partial charge is 0.465 e. The highest BCUT2D eigenvalue weighted by Gasteiger charge is 2.38. The van der Waals surface area contributed by atoms with Crippen molar-refractivity contribution >= 4 is 11.8 Å². The van der Waals surface area contributed by atoms with Crippen LogP contribution in [-0.4, -0.2) is 18.4 Å². The molecule has 2 atom stereocenters. The van der Waals surface area contributed by atoms with Crippen LogP contribution in [0.5, 0.6) is 0 Å². The minimum Gasteiger partial charge on any atom is -0.465 e. The number of allylic oxidation sites excluding steroid dienone is 2. The Kier molecular flexibility index (Phi) is 3.44. The zero-order chi connectivity index (χ0) is 10.7. The Labute approximate surface area is 84.1 Å². The van der Waals surface area contributed by atoms with Crippen molar-refractivity contribution in [2.75, 3.05) is 6.61 Å². The lowest BCUT2D eigenvalue weighted by Crippen LogP contribution is -2.27. The molecular weight excluding hydrogens is 180 g/mol. The van der Waals surface area contributed by atoms with Crippen molar-refractivity contribution in [3.63, 3.8) is 0 Å². The summed E-state index contributed by atoms with van der Waals surface area (Å²) in [4.78, 5) is 22.9. The topological polar surface area (TPSA) is 43.4 Å². The van der Waals surface area contributed by atoms with Crippen LogP contribution in [0.2, 0.25) is 0 Å². The van der Waals surface area contributed by atoms with Gasteiger partial charge in [-0.2, -0.15) is 0 Å². The third-order valence-corrected chi connectivity index (χ3v) is 2.67. The lowest BCUT2D eigenvalue weighted by atomic mass is 9.91. The second kappa shape index (κ2) is 4.40. The average Bonchev–Trinajstić information content (AvgIpc) is 2.41. The highest BCUT2D eigenvalue weighted by atomic mass is 16.5. The van der Waals surface area contributed by atoms with Gasteiger partial charge < -0.3 is 4.74 Å². The minimum absolute atomic E-state index is 0.00606. The molecule has 0 heterocycles. The number of esters is 1. The van der Waals surface area contributed by atoms with E-state index in [4.69, 9.17) is 4.74 Å². The van der Waals surface area contributed by atoms with E-state index < -0.39 is 5.92 Å². The summed E-state index contributed by atoms with van der Waals surface area (Å²) < 4.78 is 4.87. The second-order valence-corrected chi connectivity index (χ2v) is 3.49. The molecule has 0 bridgehead atoms. The summed E-state index contributed by atoms with van der Waals surface area (Å²) in [6, 6.07) is 0. The lowest BCUT2D eigenvalue weighted by Gasteiger charge is -2.14. The zero-order valence-electron chi connectivity index (χ0n) is 8.87. The second-order valence-electron chi connectivity index (χ2n) is 3.49. The molecule has 1 aliphatic rings. The number of ketones is 1. The van der Waals surface area contributed by atoms with Crippen LogP contribution in [0.4, 0.5) is 0 Å². The predicted octanol–water partition coefficient (Wildman–Crippen LogP) is 1.72. The molecule has 0 aliphatic heterocycles. The van der Waals surface area contributed by atoms with Gasteiger partial charge in [-0.05, 0) is 25.3 Å². The van der Waals surface area contributed by atoms with Crippen molar-refractivity contribution in [2.45, 2.75) is 27.2 Å². The monoisotopic (exact) mass is 196 g/mol. The predicted molar refractivity (Wildman–Crippen MR) is 52.7 cm³/mol. The van der Waals surface area contributed by atoms with Gasteiger partial charge in [0.25, 0.3) is 0 Å². The molecule has 0 unspecified atom stereocenters. The smallest absolute Gasteiger partial charge is 0.317 e. The number of hydrogen-bond donors (Lipinski definition) is 0. The number of ether oxygens (including phenoxy) is 1. The molecule has 0 saturated heterocycles. The van der Waals surface area contributed by atoms with Crippen LogP contribution in [0.15, 0.2) is 11.6 Å². The van der Waals surface area contributed by atoms with Gasteiger partial charge >= 0.3 is 5.97 Å². The van der Waals surface area contributed by atoms with Gasteiger partial charge in [0.05, 0.1) is 6.61 Å². The molecule has 1 rings (SSSR count). The number of carbonyl (C=O) groups excluding carboxylic acids is 2. The molecule has 3 heteroatoms. The highest BCUT2D eigenvalue weighted by molar-refractivity contribution is 6.08. The Morgan fingerprint density at radius 1 is 1.50 bits per heavy atom. The van der Waals surface area contributed by atoms with Gasteiger partial charge in [0.2, 0.25) is 0 Å². The first-order valence-corrected chi connectivity index (χ1v) is 5.02. The summed E-state index contributed by atoms with van der Waals surface area (Å²) in [6.45, 7) is 5.97.